The van der Waals surface area contributed by atoms with Gasteiger partial charge in [-0.15, -0.1) is 0 Å². The highest BCUT2D eigenvalue weighted by atomic mass is 19.4. The van der Waals surface area contributed by atoms with Crippen LogP contribution >= 0.6 is 0 Å². The van der Waals surface area contributed by atoms with Gasteiger partial charge in [0.2, 0.25) is 0 Å². The highest BCUT2D eigenvalue weighted by molar-refractivity contribution is 5.94. The van der Waals surface area contributed by atoms with Crippen LogP contribution in [0.15, 0.2) is 36.5 Å². The second kappa shape index (κ2) is 6.81. The van der Waals surface area contributed by atoms with Crippen LogP contribution in [0, 0.1) is 5.92 Å². The number of amides is 1. The maximum atomic E-state index is 12.8. The number of aromatic nitrogens is 2. The number of halogens is 3. The summed E-state index contributed by atoms with van der Waals surface area (Å²) in [4.78, 5) is 23.4. The Labute approximate surface area is 146 Å². The second-order valence-electron chi connectivity index (χ2n) is 6.24. The molecule has 6 nitrogen and oxygen atoms in total. The molecular formula is C17H16F3N3O3. The predicted octanol–water partition coefficient (Wildman–Crippen LogP) is 2.87. The van der Waals surface area contributed by atoms with Crippen molar-refractivity contribution in [3.8, 4) is 5.69 Å². The fraction of sp³-hybridized carbons (Fsp3) is 0.353. The molecule has 1 atom stereocenters. The first-order valence-electron chi connectivity index (χ1n) is 8.01. The van der Waals surface area contributed by atoms with Crippen LogP contribution < -0.4 is 5.32 Å². The van der Waals surface area contributed by atoms with E-state index in [4.69, 9.17) is 0 Å². The fourth-order valence-corrected chi connectivity index (χ4v) is 2.55. The highest BCUT2D eigenvalue weighted by Gasteiger charge is 2.31. The van der Waals surface area contributed by atoms with E-state index in [1.54, 1.807) is 0 Å². The first-order valence-corrected chi connectivity index (χ1v) is 8.01. The molecule has 1 aromatic heterocycles. The van der Waals surface area contributed by atoms with Crippen LogP contribution in [0.4, 0.5) is 13.2 Å². The zero-order valence-corrected chi connectivity index (χ0v) is 13.5. The molecule has 1 heterocycles. The third-order valence-corrected chi connectivity index (χ3v) is 4.13. The zero-order chi connectivity index (χ0) is 18.9. The Morgan fingerprint density at radius 2 is 2.04 bits per heavy atom. The molecule has 1 aromatic carbocycles. The molecule has 1 amide bonds. The molecule has 0 aliphatic heterocycles. The van der Waals surface area contributed by atoms with Crippen LogP contribution in [0.25, 0.3) is 5.69 Å². The van der Waals surface area contributed by atoms with E-state index >= 15 is 0 Å². The number of hydrogen-bond acceptors (Lipinski definition) is 3. The second-order valence-corrected chi connectivity index (χ2v) is 6.24. The van der Waals surface area contributed by atoms with Crippen LogP contribution in [0.3, 0.4) is 0 Å². The van der Waals surface area contributed by atoms with Crippen molar-refractivity contribution in [2.45, 2.75) is 31.5 Å². The van der Waals surface area contributed by atoms with Gasteiger partial charge in [-0.25, -0.2) is 9.48 Å². The molecule has 2 aromatic rings. The first kappa shape index (κ1) is 18.0. The Balaban J connectivity index is 1.74. The summed E-state index contributed by atoms with van der Waals surface area (Å²) >= 11 is 0. The molecule has 3 rings (SSSR count). The predicted molar refractivity (Wildman–Crippen MR) is 84.8 cm³/mol. The van der Waals surface area contributed by atoms with E-state index in [2.05, 4.69) is 10.4 Å². The van der Waals surface area contributed by atoms with Crippen molar-refractivity contribution in [2.24, 2.45) is 5.92 Å². The lowest BCUT2D eigenvalue weighted by Crippen LogP contribution is -2.41. The van der Waals surface area contributed by atoms with Crippen LogP contribution in [-0.4, -0.2) is 32.8 Å². The van der Waals surface area contributed by atoms with Gasteiger partial charge in [-0.3, -0.25) is 4.79 Å². The van der Waals surface area contributed by atoms with Crippen molar-refractivity contribution in [3.63, 3.8) is 0 Å². The van der Waals surface area contributed by atoms with Crippen molar-refractivity contribution < 1.29 is 27.9 Å². The molecule has 0 spiro atoms. The SMILES string of the molecule is O=C(NC(CC1CC1)C(=O)O)c1ccn(-c2cccc(C(F)(F)F)c2)n1. The Kier molecular flexibility index (Phi) is 4.71. The number of nitrogens with zero attached hydrogens (tertiary/aromatic N) is 2. The van der Waals surface area contributed by atoms with Crippen LogP contribution in [0.5, 0.6) is 0 Å². The van der Waals surface area contributed by atoms with Crippen molar-refractivity contribution in [2.75, 3.05) is 0 Å². The van der Waals surface area contributed by atoms with Crippen LogP contribution in [-0.2, 0) is 11.0 Å². The van der Waals surface area contributed by atoms with Crippen molar-refractivity contribution in [1.82, 2.24) is 15.1 Å². The van der Waals surface area contributed by atoms with E-state index in [9.17, 15) is 27.9 Å². The smallest absolute Gasteiger partial charge is 0.416 e. The van der Waals surface area contributed by atoms with Gasteiger partial charge in [-0.05, 0) is 36.6 Å². The van der Waals surface area contributed by atoms with E-state index in [1.807, 2.05) is 0 Å². The Morgan fingerprint density at radius 1 is 1.31 bits per heavy atom. The summed E-state index contributed by atoms with van der Waals surface area (Å²) in [5.41, 5.74) is -0.747. The Hall–Kier alpha value is -2.84. The van der Waals surface area contributed by atoms with E-state index in [-0.39, 0.29) is 11.4 Å². The van der Waals surface area contributed by atoms with Crippen LogP contribution in [0.2, 0.25) is 0 Å². The molecule has 1 fully saturated rings. The number of alkyl halides is 3. The Morgan fingerprint density at radius 3 is 2.65 bits per heavy atom. The maximum Gasteiger partial charge on any atom is 0.416 e. The number of nitrogens with one attached hydrogen (secondary N) is 1. The van der Waals surface area contributed by atoms with Gasteiger partial charge < -0.3 is 10.4 Å². The molecule has 0 radical (unpaired) electrons. The minimum atomic E-state index is -4.49. The number of hydrogen-bond donors (Lipinski definition) is 2. The lowest BCUT2D eigenvalue weighted by atomic mass is 10.1. The summed E-state index contributed by atoms with van der Waals surface area (Å²) < 4.78 is 39.5. The maximum absolute atomic E-state index is 12.8. The lowest BCUT2D eigenvalue weighted by Gasteiger charge is -2.13. The Bertz CT molecular complexity index is 828. The average molecular weight is 367 g/mol. The normalized spacial score (nSPS) is 15.5. The highest BCUT2D eigenvalue weighted by Crippen LogP contribution is 2.33. The topological polar surface area (TPSA) is 84.2 Å². The standard InChI is InChI=1S/C17H16F3N3O3/c18-17(19,20)11-2-1-3-12(9-11)23-7-6-13(22-23)15(24)21-14(16(25)26)8-10-4-5-10/h1-3,6-7,9-10,14H,4-5,8H2,(H,21,24)(H,25,26). The summed E-state index contributed by atoms with van der Waals surface area (Å²) in [7, 11) is 0. The third kappa shape index (κ3) is 4.22. The van der Waals surface area contributed by atoms with Crippen molar-refractivity contribution >= 4 is 11.9 Å². The van der Waals surface area contributed by atoms with Crippen LogP contribution in [0.1, 0.15) is 35.3 Å². The molecule has 26 heavy (non-hydrogen) atoms. The number of carbonyl (C=O) groups excluding carboxylic acids is 1. The average Bonchev–Trinajstić information content (AvgIpc) is 3.25. The molecular weight excluding hydrogens is 351 g/mol. The van der Waals surface area contributed by atoms with E-state index in [0.717, 1.165) is 29.7 Å². The van der Waals surface area contributed by atoms with Crippen molar-refractivity contribution in [3.05, 3.63) is 47.8 Å². The molecule has 9 heteroatoms. The summed E-state index contributed by atoms with van der Waals surface area (Å²) in [5.74, 6) is -1.49. The van der Waals surface area contributed by atoms with Gasteiger partial charge in [0, 0.05) is 6.20 Å². The third-order valence-electron chi connectivity index (χ3n) is 4.13. The van der Waals surface area contributed by atoms with Crippen molar-refractivity contribution in [1.29, 1.82) is 0 Å². The zero-order valence-electron chi connectivity index (χ0n) is 13.5. The molecule has 1 unspecified atom stereocenters. The number of rotatable bonds is 6. The van der Waals surface area contributed by atoms with Gasteiger partial charge in [0.25, 0.3) is 5.91 Å². The van der Waals surface area contributed by atoms with Gasteiger partial charge in [-0.1, -0.05) is 18.9 Å². The lowest BCUT2D eigenvalue weighted by molar-refractivity contribution is -0.139. The fourth-order valence-electron chi connectivity index (χ4n) is 2.55. The summed E-state index contributed by atoms with van der Waals surface area (Å²) in [6.45, 7) is 0. The number of aliphatic carboxylic acids is 1. The quantitative estimate of drug-likeness (QED) is 0.822. The van der Waals surface area contributed by atoms with E-state index < -0.39 is 29.7 Å². The summed E-state index contributed by atoms with van der Waals surface area (Å²) in [6, 6.07) is 4.85. The van der Waals surface area contributed by atoms with Gasteiger partial charge in [0.15, 0.2) is 5.69 Å². The molecule has 0 saturated heterocycles. The minimum absolute atomic E-state index is 0.0653. The van der Waals surface area contributed by atoms with Gasteiger partial charge >= 0.3 is 12.1 Å². The number of carboxylic acid groups (broad SMARTS) is 1. The molecule has 2 N–H and O–H groups in total. The monoisotopic (exact) mass is 367 g/mol. The molecule has 1 saturated carbocycles. The molecule has 0 bridgehead atoms. The largest absolute Gasteiger partial charge is 0.480 e. The van der Waals surface area contributed by atoms with Gasteiger partial charge in [0.05, 0.1) is 11.3 Å². The van der Waals surface area contributed by atoms with E-state index in [0.29, 0.717) is 12.3 Å². The molecule has 1 aliphatic carbocycles. The summed E-state index contributed by atoms with van der Waals surface area (Å²) in [5, 5.41) is 15.6. The molecule has 138 valence electrons. The minimum Gasteiger partial charge on any atom is -0.480 e. The van der Waals surface area contributed by atoms with Gasteiger partial charge in [-0.2, -0.15) is 18.3 Å². The van der Waals surface area contributed by atoms with E-state index in [1.165, 1.54) is 24.4 Å². The summed E-state index contributed by atoms with van der Waals surface area (Å²) in [6.07, 6.45) is -0.884. The number of carbonyl (C=O) groups is 2. The van der Waals surface area contributed by atoms with Gasteiger partial charge in [0.1, 0.15) is 6.04 Å². The molecule has 1 aliphatic rings. The first-order chi connectivity index (χ1) is 12.2. The number of benzene rings is 1. The number of carboxylic acids is 1.